The van der Waals surface area contributed by atoms with Gasteiger partial charge in [-0.2, -0.15) is 0 Å². The maximum absolute atomic E-state index is 9.36. The zero-order valence-electron chi connectivity index (χ0n) is 10.2. The van der Waals surface area contributed by atoms with Crippen LogP contribution in [0.1, 0.15) is 38.5 Å². The van der Waals surface area contributed by atoms with Crippen LogP contribution in [-0.4, -0.2) is 22.4 Å². The van der Waals surface area contributed by atoms with Crippen LogP contribution in [0, 0.1) is 11.8 Å². The highest BCUT2D eigenvalue weighted by Crippen LogP contribution is 2.27. The van der Waals surface area contributed by atoms with E-state index in [1.54, 1.807) is 12.5 Å². The van der Waals surface area contributed by atoms with Crippen LogP contribution in [0.4, 0.5) is 0 Å². The first-order chi connectivity index (χ1) is 8.24. The van der Waals surface area contributed by atoms with Gasteiger partial charge in [0.25, 0.3) is 0 Å². The fraction of sp³-hybridized carbons (Fsp3) is 0.714. The molecule has 4 unspecified atom stereocenters. The molecule has 17 heavy (non-hydrogen) atoms. The molecule has 0 aliphatic heterocycles. The van der Waals surface area contributed by atoms with Crippen LogP contribution >= 0.6 is 0 Å². The minimum atomic E-state index is -0.125. The van der Waals surface area contributed by atoms with E-state index in [0.29, 0.717) is 11.8 Å². The fourth-order valence-corrected chi connectivity index (χ4v) is 2.69. The van der Waals surface area contributed by atoms with Crippen LogP contribution in [0.15, 0.2) is 24.7 Å². The average molecular weight is 238 g/mol. The molecule has 2 rings (SSSR count). The molecular formula is C14H22O3. The molecule has 3 nitrogen and oxygen atoms in total. The first-order valence-electron chi connectivity index (χ1n) is 6.59. The average Bonchev–Trinajstić information content (AvgIpc) is 2.88. The van der Waals surface area contributed by atoms with Crippen LogP contribution in [-0.2, 0) is 4.74 Å². The summed E-state index contributed by atoms with van der Waals surface area (Å²) in [7, 11) is 0. The molecular weight excluding hydrogens is 216 g/mol. The molecule has 2 aliphatic carbocycles. The first-order valence-corrected chi connectivity index (χ1v) is 6.59. The molecule has 2 N–H and O–H groups in total. The van der Waals surface area contributed by atoms with Crippen molar-refractivity contribution in [2.75, 3.05) is 0 Å². The van der Waals surface area contributed by atoms with Crippen molar-refractivity contribution in [3.8, 4) is 0 Å². The van der Waals surface area contributed by atoms with Crippen LogP contribution in [0.5, 0.6) is 0 Å². The lowest BCUT2D eigenvalue weighted by Crippen LogP contribution is -1.98. The summed E-state index contributed by atoms with van der Waals surface area (Å²) in [5, 5.41) is 18.7. The molecule has 2 saturated carbocycles. The van der Waals surface area contributed by atoms with Crippen molar-refractivity contribution in [3.05, 3.63) is 24.7 Å². The fourth-order valence-electron chi connectivity index (χ4n) is 2.69. The Hall–Kier alpha value is -0.800. The van der Waals surface area contributed by atoms with Gasteiger partial charge in [0, 0.05) is 0 Å². The molecule has 4 atom stereocenters. The number of rotatable bonds is 4. The number of ether oxygens (including phenoxy) is 1. The lowest BCUT2D eigenvalue weighted by atomic mass is 10.1. The van der Waals surface area contributed by atoms with Crippen LogP contribution in [0.3, 0.4) is 0 Å². The predicted molar refractivity (Wildman–Crippen MR) is 66.1 cm³/mol. The Morgan fingerprint density at radius 1 is 0.765 bits per heavy atom. The summed E-state index contributed by atoms with van der Waals surface area (Å²) in [6.45, 7) is 0. The monoisotopic (exact) mass is 238 g/mol. The summed E-state index contributed by atoms with van der Waals surface area (Å²) in [5.41, 5.74) is 0. The molecule has 3 heteroatoms. The van der Waals surface area contributed by atoms with Crippen LogP contribution in [0.2, 0.25) is 0 Å². The summed E-state index contributed by atoms with van der Waals surface area (Å²) in [4.78, 5) is 0. The smallest absolute Gasteiger partial charge is 0.0864 e. The van der Waals surface area contributed by atoms with E-state index in [1.165, 1.54) is 0 Å². The van der Waals surface area contributed by atoms with E-state index in [9.17, 15) is 10.2 Å². The van der Waals surface area contributed by atoms with E-state index in [2.05, 4.69) is 0 Å². The van der Waals surface area contributed by atoms with Gasteiger partial charge in [-0.1, -0.05) is 0 Å². The summed E-state index contributed by atoms with van der Waals surface area (Å²) in [6, 6.07) is 0. The highest BCUT2D eigenvalue weighted by atomic mass is 16.5. The normalized spacial score (nSPS) is 38.5. The van der Waals surface area contributed by atoms with Gasteiger partial charge in [-0.15, -0.1) is 0 Å². The van der Waals surface area contributed by atoms with Crippen molar-refractivity contribution in [1.82, 2.24) is 0 Å². The second-order valence-corrected chi connectivity index (χ2v) is 5.25. The summed E-state index contributed by atoms with van der Waals surface area (Å²) < 4.78 is 5.30. The van der Waals surface area contributed by atoms with Crippen molar-refractivity contribution in [3.63, 3.8) is 0 Å². The topological polar surface area (TPSA) is 49.7 Å². The minimum Gasteiger partial charge on any atom is -0.473 e. The highest BCUT2D eigenvalue weighted by Gasteiger charge is 2.21. The van der Waals surface area contributed by atoms with Gasteiger partial charge in [0.05, 0.1) is 24.7 Å². The Labute approximate surface area is 103 Å². The maximum atomic E-state index is 9.36. The second kappa shape index (κ2) is 6.22. The second-order valence-electron chi connectivity index (χ2n) is 5.25. The zero-order chi connectivity index (χ0) is 12.1. The van der Waals surface area contributed by atoms with E-state index in [4.69, 9.17) is 4.74 Å². The Balaban J connectivity index is 1.62. The lowest BCUT2D eigenvalue weighted by Gasteiger charge is -2.02. The number of aliphatic hydroxyl groups is 2. The van der Waals surface area contributed by atoms with Gasteiger partial charge in [0.1, 0.15) is 0 Å². The van der Waals surface area contributed by atoms with Crippen molar-refractivity contribution in [2.24, 2.45) is 11.8 Å². The molecule has 0 aromatic heterocycles. The van der Waals surface area contributed by atoms with E-state index < -0.39 is 0 Å². The molecule has 0 radical (unpaired) electrons. The lowest BCUT2D eigenvalue weighted by molar-refractivity contribution is 0.180. The molecule has 0 saturated heterocycles. The van der Waals surface area contributed by atoms with Gasteiger partial charge < -0.3 is 14.9 Å². The van der Waals surface area contributed by atoms with Gasteiger partial charge in [-0.25, -0.2) is 0 Å². The van der Waals surface area contributed by atoms with E-state index in [-0.39, 0.29) is 12.2 Å². The molecule has 0 aromatic carbocycles. The van der Waals surface area contributed by atoms with Gasteiger partial charge in [0.2, 0.25) is 0 Å². The molecule has 96 valence electrons. The Bertz CT molecular complexity index is 257. The highest BCUT2D eigenvalue weighted by molar-refractivity contribution is 4.93. The molecule has 2 fully saturated rings. The van der Waals surface area contributed by atoms with Crippen LogP contribution in [0.25, 0.3) is 0 Å². The Kier molecular flexibility index (Phi) is 4.63. The summed E-state index contributed by atoms with van der Waals surface area (Å²) >= 11 is 0. The SMILES string of the molecule is OC1CCC(C=COC=CC2CCC(O)C2)C1. The quantitative estimate of drug-likeness (QED) is 0.739. The van der Waals surface area contributed by atoms with Gasteiger partial charge >= 0.3 is 0 Å². The van der Waals surface area contributed by atoms with Gasteiger partial charge in [-0.05, 0) is 62.5 Å². The van der Waals surface area contributed by atoms with Gasteiger partial charge in [-0.3, -0.25) is 0 Å². The first kappa shape index (κ1) is 12.7. The van der Waals surface area contributed by atoms with Crippen molar-refractivity contribution in [2.45, 2.75) is 50.7 Å². The Morgan fingerprint density at radius 3 is 1.59 bits per heavy atom. The van der Waals surface area contributed by atoms with Crippen LogP contribution < -0.4 is 0 Å². The predicted octanol–water partition coefficient (Wildman–Crippen LogP) is 2.35. The third kappa shape index (κ3) is 4.17. The number of aliphatic hydroxyl groups excluding tert-OH is 2. The molecule has 0 heterocycles. The molecule has 0 bridgehead atoms. The molecule has 0 amide bonds. The summed E-state index contributed by atoms with van der Waals surface area (Å²) in [6.07, 6.45) is 12.9. The molecule has 0 spiro atoms. The zero-order valence-corrected chi connectivity index (χ0v) is 10.2. The number of allylic oxidation sites excluding steroid dienone is 2. The molecule has 2 aliphatic rings. The molecule has 0 aromatic rings. The Morgan fingerprint density at radius 2 is 1.24 bits per heavy atom. The van der Waals surface area contributed by atoms with Crippen molar-refractivity contribution >= 4 is 0 Å². The third-order valence-electron chi connectivity index (χ3n) is 3.75. The van der Waals surface area contributed by atoms with Gasteiger partial charge in [0.15, 0.2) is 0 Å². The van der Waals surface area contributed by atoms with Crippen molar-refractivity contribution < 1.29 is 14.9 Å². The van der Waals surface area contributed by atoms with E-state index in [0.717, 1.165) is 38.5 Å². The standard InChI is InChI=1S/C14H22O3/c15-13-3-1-11(9-13)5-7-17-8-6-12-2-4-14(16)10-12/h5-8,11-16H,1-4,9-10H2. The van der Waals surface area contributed by atoms with E-state index in [1.807, 2.05) is 12.2 Å². The number of hydrogen-bond acceptors (Lipinski definition) is 3. The van der Waals surface area contributed by atoms with Crippen molar-refractivity contribution in [1.29, 1.82) is 0 Å². The number of hydrogen-bond donors (Lipinski definition) is 2. The summed E-state index contributed by atoms with van der Waals surface area (Å²) in [5.74, 6) is 0.929. The minimum absolute atomic E-state index is 0.125. The van der Waals surface area contributed by atoms with E-state index >= 15 is 0 Å². The maximum Gasteiger partial charge on any atom is 0.0864 e. The largest absolute Gasteiger partial charge is 0.473 e. The third-order valence-corrected chi connectivity index (χ3v) is 3.75.